The van der Waals surface area contributed by atoms with E-state index in [9.17, 15) is 18.0 Å². The Balaban J connectivity index is 1.87. The zero-order valence-electron chi connectivity index (χ0n) is 16.7. The van der Waals surface area contributed by atoms with Crippen LogP contribution in [0.1, 0.15) is 17.1 Å². The summed E-state index contributed by atoms with van der Waals surface area (Å²) in [6.45, 7) is 3.10. The number of nitrogens with two attached hydrogens (primary N) is 1. The molecule has 0 saturated heterocycles. The normalized spacial score (nSPS) is 12.3. The van der Waals surface area contributed by atoms with Gasteiger partial charge in [0.25, 0.3) is 5.56 Å². The number of hydrogen-bond donors (Lipinski definition) is 1. The number of aryl methyl sites for hydroxylation is 1. The molecule has 31 heavy (non-hydrogen) atoms. The third-order valence-electron chi connectivity index (χ3n) is 4.78. The van der Waals surface area contributed by atoms with Crippen molar-refractivity contribution in [1.82, 2.24) is 24.0 Å². The van der Waals surface area contributed by atoms with Gasteiger partial charge in [0.2, 0.25) is 0 Å². The fourth-order valence-electron chi connectivity index (χ4n) is 3.21. The predicted octanol–water partition coefficient (Wildman–Crippen LogP) is 3.85. The third-order valence-corrected chi connectivity index (χ3v) is 4.78. The van der Waals surface area contributed by atoms with E-state index in [0.29, 0.717) is 15.9 Å². The number of azo groups is 1. The number of para-hydroxylation sites is 1. The van der Waals surface area contributed by atoms with Crippen molar-refractivity contribution in [2.45, 2.75) is 20.0 Å². The highest BCUT2D eigenvalue weighted by molar-refractivity contribution is 5.75. The van der Waals surface area contributed by atoms with Crippen LogP contribution in [0.5, 0.6) is 0 Å². The molecule has 0 amide bonds. The molecule has 3 aromatic heterocycles. The van der Waals surface area contributed by atoms with Crippen LogP contribution < -0.4 is 11.3 Å². The zero-order valence-corrected chi connectivity index (χ0v) is 16.7. The quantitative estimate of drug-likeness (QED) is 0.498. The van der Waals surface area contributed by atoms with Crippen molar-refractivity contribution in [3.05, 3.63) is 63.8 Å². The molecule has 0 radical (unpaired) electrons. The second-order valence-corrected chi connectivity index (χ2v) is 6.86. The summed E-state index contributed by atoms with van der Waals surface area (Å²) in [5, 5.41) is 11.7. The standard InChI is InChI=1S/C19H17F3N8O/c1-10-9-13(19(20,21)22)29-17(24-10)15(16(23)27-29)26-25-14-11(2)28(3)30(18(14)31)12-7-5-4-6-8-12/h4-9H,1-3H3,(H2,23,27). The van der Waals surface area contributed by atoms with Crippen molar-refractivity contribution in [3.8, 4) is 5.69 Å². The van der Waals surface area contributed by atoms with Gasteiger partial charge in [0.15, 0.2) is 22.8 Å². The minimum Gasteiger partial charge on any atom is -0.380 e. The Morgan fingerprint density at radius 2 is 1.71 bits per heavy atom. The summed E-state index contributed by atoms with van der Waals surface area (Å²) in [7, 11) is 1.69. The summed E-state index contributed by atoms with van der Waals surface area (Å²) in [5.41, 5.74) is 5.24. The summed E-state index contributed by atoms with van der Waals surface area (Å²) in [6.07, 6.45) is -4.67. The SMILES string of the molecule is Cc1cc(C(F)(F)F)n2nc(N)c(N=Nc3c(C)n(C)n(-c4ccccc4)c3=O)c2n1. The molecule has 12 heteroatoms. The molecule has 2 N–H and O–H groups in total. The van der Waals surface area contributed by atoms with Gasteiger partial charge in [-0.2, -0.15) is 13.2 Å². The summed E-state index contributed by atoms with van der Waals surface area (Å²) >= 11 is 0. The highest BCUT2D eigenvalue weighted by Crippen LogP contribution is 2.35. The number of rotatable bonds is 3. The number of benzene rings is 1. The molecule has 0 saturated carbocycles. The van der Waals surface area contributed by atoms with Gasteiger partial charge in [-0.25, -0.2) is 14.2 Å². The maximum atomic E-state index is 13.4. The lowest BCUT2D eigenvalue weighted by molar-refractivity contribution is -0.142. The lowest BCUT2D eigenvalue weighted by Gasteiger charge is -2.09. The average molecular weight is 430 g/mol. The van der Waals surface area contributed by atoms with Gasteiger partial charge in [-0.05, 0) is 32.0 Å². The van der Waals surface area contributed by atoms with Crippen molar-refractivity contribution in [2.75, 3.05) is 5.73 Å². The van der Waals surface area contributed by atoms with Crippen LogP contribution in [0.3, 0.4) is 0 Å². The van der Waals surface area contributed by atoms with Crippen LogP contribution >= 0.6 is 0 Å². The third kappa shape index (κ3) is 3.35. The molecule has 0 aliphatic heterocycles. The Labute approximate surface area is 173 Å². The van der Waals surface area contributed by atoms with E-state index in [1.165, 1.54) is 11.6 Å². The maximum absolute atomic E-state index is 13.4. The highest BCUT2D eigenvalue weighted by atomic mass is 19.4. The average Bonchev–Trinajstić information content (AvgIpc) is 3.12. The number of hydrogen-bond acceptors (Lipinski definition) is 6. The molecule has 3 heterocycles. The van der Waals surface area contributed by atoms with Gasteiger partial charge >= 0.3 is 6.18 Å². The molecule has 9 nitrogen and oxygen atoms in total. The summed E-state index contributed by atoms with van der Waals surface area (Å²) in [6, 6.07) is 9.78. The van der Waals surface area contributed by atoms with Crippen LogP contribution in [-0.2, 0) is 13.2 Å². The molecule has 0 aliphatic carbocycles. The summed E-state index contributed by atoms with van der Waals surface area (Å²) in [4.78, 5) is 17.0. The van der Waals surface area contributed by atoms with Crippen molar-refractivity contribution >= 4 is 22.8 Å². The second kappa shape index (κ2) is 7.07. The fraction of sp³-hybridized carbons (Fsp3) is 0.211. The van der Waals surface area contributed by atoms with Gasteiger partial charge in [-0.3, -0.25) is 9.48 Å². The highest BCUT2D eigenvalue weighted by Gasteiger charge is 2.35. The molecule has 0 spiro atoms. The monoisotopic (exact) mass is 430 g/mol. The van der Waals surface area contributed by atoms with Gasteiger partial charge in [0, 0.05) is 12.7 Å². The van der Waals surface area contributed by atoms with Crippen molar-refractivity contribution in [1.29, 1.82) is 0 Å². The van der Waals surface area contributed by atoms with Crippen molar-refractivity contribution < 1.29 is 13.2 Å². The van der Waals surface area contributed by atoms with Crippen molar-refractivity contribution in [2.24, 2.45) is 17.3 Å². The van der Waals surface area contributed by atoms with Crippen LogP contribution in [-0.4, -0.2) is 24.0 Å². The first kappa shape index (κ1) is 20.3. The number of halogens is 3. The van der Waals surface area contributed by atoms with Crippen LogP contribution in [0.2, 0.25) is 0 Å². The molecule has 4 rings (SSSR count). The Morgan fingerprint density at radius 1 is 1.06 bits per heavy atom. The largest absolute Gasteiger partial charge is 0.433 e. The minimum absolute atomic E-state index is 0.0220. The van der Waals surface area contributed by atoms with Gasteiger partial charge in [-0.15, -0.1) is 15.3 Å². The van der Waals surface area contributed by atoms with E-state index in [4.69, 9.17) is 5.73 Å². The molecule has 4 aromatic rings. The van der Waals surface area contributed by atoms with Crippen molar-refractivity contribution in [3.63, 3.8) is 0 Å². The Hall–Kier alpha value is -3.96. The molecule has 0 bridgehead atoms. The van der Waals surface area contributed by atoms with Crippen LogP contribution in [0.15, 0.2) is 51.4 Å². The maximum Gasteiger partial charge on any atom is 0.433 e. The van der Waals surface area contributed by atoms with Gasteiger partial charge in [0.05, 0.1) is 11.4 Å². The second-order valence-electron chi connectivity index (χ2n) is 6.86. The van der Waals surface area contributed by atoms with Gasteiger partial charge in [-0.1, -0.05) is 18.2 Å². The first-order valence-corrected chi connectivity index (χ1v) is 9.08. The van der Waals surface area contributed by atoms with E-state index in [2.05, 4.69) is 20.3 Å². The number of nitrogens with zero attached hydrogens (tertiary/aromatic N) is 7. The van der Waals surface area contributed by atoms with Crippen LogP contribution in [0.25, 0.3) is 11.3 Å². The van der Waals surface area contributed by atoms with Crippen LogP contribution in [0.4, 0.5) is 30.4 Å². The van der Waals surface area contributed by atoms with Gasteiger partial charge < -0.3 is 5.73 Å². The van der Waals surface area contributed by atoms with Crippen LogP contribution in [0, 0.1) is 13.8 Å². The lowest BCUT2D eigenvalue weighted by atomic mass is 10.3. The molecule has 0 unspecified atom stereocenters. The van der Waals surface area contributed by atoms with E-state index in [1.54, 1.807) is 42.9 Å². The summed E-state index contributed by atoms with van der Waals surface area (Å²) in [5.74, 6) is -0.288. The van der Waals surface area contributed by atoms with E-state index in [0.717, 1.165) is 6.07 Å². The number of aromatic nitrogens is 5. The Bertz CT molecular complexity index is 1380. The lowest BCUT2D eigenvalue weighted by Crippen LogP contribution is -2.19. The molecular formula is C19H17F3N8O. The smallest absolute Gasteiger partial charge is 0.380 e. The Morgan fingerprint density at radius 3 is 2.35 bits per heavy atom. The predicted molar refractivity (Wildman–Crippen MR) is 107 cm³/mol. The molecule has 0 aliphatic rings. The van der Waals surface area contributed by atoms with E-state index >= 15 is 0 Å². The first-order valence-electron chi connectivity index (χ1n) is 9.08. The van der Waals surface area contributed by atoms with E-state index in [1.807, 2.05) is 6.07 Å². The molecule has 1 aromatic carbocycles. The van der Waals surface area contributed by atoms with E-state index in [-0.39, 0.29) is 28.5 Å². The molecular weight excluding hydrogens is 413 g/mol. The topological polar surface area (TPSA) is 108 Å². The van der Waals surface area contributed by atoms with Gasteiger partial charge in [0.1, 0.15) is 5.69 Å². The molecule has 0 atom stereocenters. The Kier molecular flexibility index (Phi) is 4.64. The zero-order chi connectivity index (χ0) is 22.5. The fourth-order valence-corrected chi connectivity index (χ4v) is 3.21. The molecule has 160 valence electrons. The first-order chi connectivity index (χ1) is 14.6. The summed E-state index contributed by atoms with van der Waals surface area (Å²) < 4.78 is 43.7. The number of fused-ring (bicyclic) bond motifs is 1. The minimum atomic E-state index is -4.67. The van der Waals surface area contributed by atoms with E-state index < -0.39 is 17.4 Å². The number of anilines is 1. The number of nitrogen functional groups attached to an aromatic ring is 1. The number of alkyl halides is 3. The molecule has 0 fully saturated rings.